The number of hydrogen-bond donors (Lipinski definition) is 5. The van der Waals surface area contributed by atoms with Crippen molar-refractivity contribution in [2.45, 2.75) is 52.0 Å². The van der Waals surface area contributed by atoms with Crippen LogP contribution in [-0.4, -0.2) is 41.1 Å². The molecule has 0 amide bonds. The maximum Gasteiger partial charge on any atom is 0.231 e. The second-order valence-corrected chi connectivity index (χ2v) is 8.15. The molecular weight excluding hydrogens is 463 g/mol. The lowest BCUT2D eigenvalue weighted by Crippen LogP contribution is -2.34. The van der Waals surface area contributed by atoms with Gasteiger partial charge in [0.15, 0.2) is 0 Å². The Morgan fingerprint density at radius 3 is 1.76 bits per heavy atom. The normalized spacial score (nSPS) is 15.0. The molecule has 1 aromatic carbocycles. The number of halogens is 2. The van der Waals surface area contributed by atoms with Crippen LogP contribution in [0.5, 0.6) is 0 Å². The Morgan fingerprint density at radius 2 is 1.30 bits per heavy atom. The summed E-state index contributed by atoms with van der Waals surface area (Å²) >= 11 is 6.39. The van der Waals surface area contributed by atoms with E-state index in [-0.39, 0.29) is 42.7 Å². The predicted molar refractivity (Wildman–Crippen MR) is 151 cm³/mol. The summed E-state index contributed by atoms with van der Waals surface area (Å²) in [6, 6.07) is 5.99. The predicted octanol–water partition coefficient (Wildman–Crippen LogP) is 6.48. The Morgan fingerprint density at radius 1 is 0.818 bits per heavy atom. The largest absolute Gasteiger partial charge is 0.350 e. The molecule has 13 N–H and O–H groups in total. The van der Waals surface area contributed by atoms with Gasteiger partial charge in [0.05, 0.1) is 0 Å². The van der Waals surface area contributed by atoms with Crippen molar-refractivity contribution in [3.8, 4) is 0 Å². The van der Waals surface area contributed by atoms with Gasteiger partial charge in [-0.3, -0.25) is 0 Å². The lowest BCUT2D eigenvalue weighted by molar-refractivity contribution is 0.556. The first-order valence-electron chi connectivity index (χ1n) is 10.4. The molecule has 0 saturated carbocycles. The van der Waals surface area contributed by atoms with E-state index in [9.17, 15) is 0 Å². The zero-order chi connectivity index (χ0) is 19.3. The van der Waals surface area contributed by atoms with Crippen molar-refractivity contribution in [3.63, 3.8) is 0 Å². The number of piperidine rings is 2. The Kier molecular flexibility index (Phi) is 15.9. The minimum atomic E-state index is 0. The fourth-order valence-electron chi connectivity index (χ4n) is 3.96. The molecular formula is C21H50Cl2N10. The number of nitrogens with one attached hydrogen (secondary N) is 1. The monoisotopic (exact) mass is 512 g/mol. The van der Waals surface area contributed by atoms with Gasteiger partial charge >= 0.3 is 0 Å². The third-order valence-corrected chi connectivity index (χ3v) is 6.02. The van der Waals surface area contributed by atoms with Crippen LogP contribution in [0.2, 0.25) is 5.02 Å². The van der Waals surface area contributed by atoms with E-state index in [0.29, 0.717) is 12.5 Å². The first kappa shape index (κ1) is 33.2. The highest BCUT2D eigenvalue weighted by Gasteiger charge is 2.20. The molecule has 0 unspecified atom stereocenters. The molecule has 2 fully saturated rings. The van der Waals surface area contributed by atoms with Crippen LogP contribution in [0.4, 0.5) is 17.8 Å². The van der Waals surface area contributed by atoms with Crippen LogP contribution in [0.15, 0.2) is 18.2 Å². The van der Waals surface area contributed by atoms with Crippen molar-refractivity contribution < 1.29 is 5.71 Å². The van der Waals surface area contributed by atoms with Gasteiger partial charge in [-0.25, -0.2) is 0 Å². The number of aryl methyl sites for hydroxylation is 1. The molecule has 0 aliphatic carbocycles. The number of hydrogen-bond acceptors (Lipinski definition) is 10. The minimum Gasteiger partial charge on any atom is -0.350 e. The van der Waals surface area contributed by atoms with Crippen molar-refractivity contribution in [2.24, 2.45) is 0 Å². The third-order valence-electron chi connectivity index (χ3n) is 5.67. The van der Waals surface area contributed by atoms with Gasteiger partial charge in [-0.15, -0.1) is 12.4 Å². The van der Waals surface area contributed by atoms with Crippen LogP contribution in [-0.2, 0) is 6.54 Å². The summed E-state index contributed by atoms with van der Waals surface area (Å²) in [5.74, 6) is 2.23. The fraction of sp³-hybridized carbons (Fsp3) is 0.571. The van der Waals surface area contributed by atoms with Crippen molar-refractivity contribution >= 4 is 41.9 Å². The van der Waals surface area contributed by atoms with Crippen LogP contribution in [0.1, 0.15) is 55.4 Å². The number of nitrogens with zero attached hydrogens (tertiary/aromatic N) is 5. The maximum absolute atomic E-state index is 6.39. The average Bonchev–Trinajstić information content (AvgIpc) is 2.74. The molecule has 2 aliphatic heterocycles. The van der Waals surface area contributed by atoms with E-state index in [1.54, 1.807) is 0 Å². The Bertz CT molecular complexity index is 773. The zero-order valence-electron chi connectivity index (χ0n) is 19.9. The standard InChI is InChI=1S/C21H29ClN6.ClH.4H3N.4H2/c1-16-9-8-10-18(22)17(16)15-23-19-24-20(27-11-4-2-5-12-27)26-21(25-19)28-13-6-3-7-14-28;;;;;;;;;/h8-10H,2-7,11-15H2,1H3,(H,23,24,25,26);1H;4*1H3;4*1H. The number of anilines is 3. The third kappa shape index (κ3) is 8.40. The Hall–Kier alpha value is -1.95. The second kappa shape index (κ2) is 15.8. The van der Waals surface area contributed by atoms with E-state index < -0.39 is 0 Å². The zero-order valence-corrected chi connectivity index (χ0v) is 21.4. The van der Waals surface area contributed by atoms with Crippen LogP contribution >= 0.6 is 24.0 Å². The fourth-order valence-corrected chi connectivity index (χ4v) is 4.25. The smallest absolute Gasteiger partial charge is 0.231 e. The second-order valence-electron chi connectivity index (χ2n) is 7.74. The van der Waals surface area contributed by atoms with E-state index in [1.165, 1.54) is 44.1 Å². The number of aromatic nitrogens is 3. The molecule has 0 atom stereocenters. The van der Waals surface area contributed by atoms with Crippen molar-refractivity contribution in [1.82, 2.24) is 39.6 Å². The lowest BCUT2D eigenvalue weighted by atomic mass is 10.1. The summed E-state index contributed by atoms with van der Waals surface area (Å²) in [6.45, 7) is 6.76. The molecule has 33 heavy (non-hydrogen) atoms. The molecule has 2 aromatic rings. The van der Waals surface area contributed by atoms with Gasteiger partial charge in [-0.05, 0) is 62.6 Å². The van der Waals surface area contributed by atoms with Crippen LogP contribution in [0, 0.1) is 6.92 Å². The van der Waals surface area contributed by atoms with Crippen molar-refractivity contribution in [1.29, 1.82) is 0 Å². The average molecular weight is 514 g/mol. The highest BCUT2D eigenvalue weighted by atomic mass is 35.5. The van der Waals surface area contributed by atoms with Gasteiger partial charge in [0, 0.05) is 43.5 Å². The van der Waals surface area contributed by atoms with Crippen molar-refractivity contribution in [3.05, 3.63) is 34.3 Å². The van der Waals surface area contributed by atoms with Crippen LogP contribution in [0.3, 0.4) is 0 Å². The van der Waals surface area contributed by atoms with Crippen LogP contribution in [0.25, 0.3) is 0 Å². The van der Waals surface area contributed by atoms with E-state index in [1.807, 2.05) is 12.1 Å². The van der Waals surface area contributed by atoms with Gasteiger partial charge < -0.3 is 39.7 Å². The summed E-state index contributed by atoms with van der Waals surface area (Å²) in [4.78, 5) is 18.9. The highest BCUT2D eigenvalue weighted by molar-refractivity contribution is 6.31. The Balaban J connectivity index is -0.000000267. The molecule has 1 aromatic heterocycles. The molecule has 0 radical (unpaired) electrons. The summed E-state index contributed by atoms with van der Waals surface area (Å²) in [6.07, 6.45) is 7.38. The molecule has 12 heteroatoms. The highest BCUT2D eigenvalue weighted by Crippen LogP contribution is 2.24. The Labute approximate surface area is 215 Å². The van der Waals surface area contributed by atoms with Gasteiger partial charge in [-0.2, -0.15) is 15.0 Å². The van der Waals surface area contributed by atoms with E-state index in [2.05, 4.69) is 28.1 Å². The van der Waals surface area contributed by atoms with Crippen molar-refractivity contribution in [2.75, 3.05) is 41.3 Å². The van der Waals surface area contributed by atoms with Gasteiger partial charge in [0.2, 0.25) is 17.8 Å². The quantitative estimate of drug-likeness (QED) is 0.295. The lowest BCUT2D eigenvalue weighted by Gasteiger charge is -2.30. The maximum atomic E-state index is 6.39. The molecule has 0 spiro atoms. The summed E-state index contributed by atoms with van der Waals surface area (Å²) in [7, 11) is 0. The summed E-state index contributed by atoms with van der Waals surface area (Å²) < 4.78 is 0. The number of rotatable bonds is 5. The molecule has 198 valence electrons. The van der Waals surface area contributed by atoms with E-state index in [4.69, 9.17) is 26.6 Å². The summed E-state index contributed by atoms with van der Waals surface area (Å²) in [5.41, 5.74) is 2.25. The SMILES string of the molecule is Cc1cccc(Cl)c1CNc1nc(N2CCCCC2)nc(N2CCCCC2)n1.Cl.N.N.N.N.[HH].[HH].[HH].[HH]. The first-order valence-corrected chi connectivity index (χ1v) is 10.8. The summed E-state index contributed by atoms with van der Waals surface area (Å²) in [5, 5.41) is 4.17. The van der Waals surface area contributed by atoms with Gasteiger partial charge in [-0.1, -0.05) is 23.7 Å². The van der Waals surface area contributed by atoms with Gasteiger partial charge in [0.25, 0.3) is 0 Å². The van der Waals surface area contributed by atoms with E-state index >= 15 is 0 Å². The van der Waals surface area contributed by atoms with E-state index in [0.717, 1.165) is 48.7 Å². The molecule has 0 bridgehead atoms. The molecule has 3 heterocycles. The molecule has 2 aliphatic rings. The molecule has 4 rings (SSSR count). The molecule has 10 nitrogen and oxygen atoms in total. The minimum absolute atomic E-state index is 0. The van der Waals surface area contributed by atoms with Crippen LogP contribution < -0.4 is 39.7 Å². The topological polar surface area (TPSA) is 197 Å². The number of benzene rings is 1. The van der Waals surface area contributed by atoms with Gasteiger partial charge in [0.1, 0.15) is 0 Å². The first-order chi connectivity index (χ1) is 13.7. The molecule has 2 saturated heterocycles.